The van der Waals surface area contributed by atoms with E-state index in [1.54, 1.807) is 16.3 Å². The van der Waals surface area contributed by atoms with E-state index < -0.39 is 6.10 Å². The minimum atomic E-state index is -0.622. The summed E-state index contributed by atoms with van der Waals surface area (Å²) in [5.74, 6) is 0.593. The number of aromatic nitrogens is 4. The van der Waals surface area contributed by atoms with Gasteiger partial charge < -0.3 is 20.0 Å². The van der Waals surface area contributed by atoms with Crippen LogP contribution in [0.25, 0.3) is 27.9 Å². The molecular weight excluding hydrogens is 440 g/mol. The van der Waals surface area contributed by atoms with Crippen molar-refractivity contribution in [3.05, 3.63) is 53.3 Å². The second kappa shape index (κ2) is 8.30. The van der Waals surface area contributed by atoms with Crippen LogP contribution in [0.1, 0.15) is 60.3 Å². The van der Waals surface area contributed by atoms with Crippen molar-refractivity contribution in [2.75, 3.05) is 13.1 Å². The van der Waals surface area contributed by atoms with Crippen LogP contribution in [0.15, 0.2) is 36.5 Å². The SMILES string of the molecule is Cc1c(-c2cc3ccc(C(C)O)nc3n2CC2CC2)nn2cc(C(=O)N3CCCC(=N)C3)ccc12. The van der Waals surface area contributed by atoms with Crippen molar-refractivity contribution in [3.63, 3.8) is 0 Å². The number of aliphatic hydroxyl groups excluding tert-OH is 1. The number of carbonyl (C=O) groups excluding carboxylic acids is 1. The molecule has 1 saturated carbocycles. The number of likely N-dealkylation sites (tertiary alicyclic amines) is 1. The van der Waals surface area contributed by atoms with Crippen molar-refractivity contribution >= 4 is 28.2 Å². The van der Waals surface area contributed by atoms with Gasteiger partial charge in [-0.3, -0.25) is 4.79 Å². The Hall–Kier alpha value is -3.52. The minimum Gasteiger partial charge on any atom is -0.387 e. The quantitative estimate of drug-likeness (QED) is 0.452. The predicted octanol–water partition coefficient (Wildman–Crippen LogP) is 4.38. The molecule has 1 aliphatic carbocycles. The lowest BCUT2D eigenvalue weighted by Crippen LogP contribution is -2.39. The summed E-state index contributed by atoms with van der Waals surface area (Å²) in [5.41, 5.74) is 6.65. The number of fused-ring (bicyclic) bond motifs is 2. The largest absolute Gasteiger partial charge is 0.387 e. The van der Waals surface area contributed by atoms with Crippen LogP contribution in [-0.4, -0.2) is 53.9 Å². The summed E-state index contributed by atoms with van der Waals surface area (Å²) < 4.78 is 4.06. The number of carbonyl (C=O) groups is 1. The Morgan fingerprint density at radius 3 is 2.83 bits per heavy atom. The molecule has 0 spiro atoms. The summed E-state index contributed by atoms with van der Waals surface area (Å²) in [4.78, 5) is 19.6. The molecule has 35 heavy (non-hydrogen) atoms. The van der Waals surface area contributed by atoms with E-state index in [4.69, 9.17) is 15.5 Å². The normalized spacial score (nSPS) is 17.5. The zero-order valence-electron chi connectivity index (χ0n) is 20.2. The number of aliphatic hydroxyl groups is 1. The number of aryl methyl sites for hydroxylation is 1. The molecule has 1 unspecified atom stereocenters. The van der Waals surface area contributed by atoms with Crippen molar-refractivity contribution in [1.82, 2.24) is 24.1 Å². The van der Waals surface area contributed by atoms with E-state index >= 15 is 0 Å². The molecule has 1 amide bonds. The van der Waals surface area contributed by atoms with Gasteiger partial charge in [-0.15, -0.1) is 0 Å². The summed E-state index contributed by atoms with van der Waals surface area (Å²) in [5, 5.41) is 24.0. The van der Waals surface area contributed by atoms with Gasteiger partial charge in [0.2, 0.25) is 0 Å². The van der Waals surface area contributed by atoms with E-state index in [2.05, 4.69) is 17.6 Å². The van der Waals surface area contributed by atoms with E-state index in [-0.39, 0.29) is 5.91 Å². The first kappa shape index (κ1) is 22.0. The molecule has 1 atom stereocenters. The molecular formula is C27H30N6O2. The molecule has 8 nitrogen and oxygen atoms in total. The van der Waals surface area contributed by atoms with Crippen LogP contribution in [-0.2, 0) is 6.54 Å². The zero-order valence-corrected chi connectivity index (χ0v) is 20.2. The molecule has 4 aromatic rings. The van der Waals surface area contributed by atoms with E-state index in [1.165, 1.54) is 12.8 Å². The fourth-order valence-corrected chi connectivity index (χ4v) is 5.08. The predicted molar refractivity (Wildman–Crippen MR) is 135 cm³/mol. The Balaban J connectivity index is 1.43. The maximum absolute atomic E-state index is 13.1. The van der Waals surface area contributed by atoms with E-state index in [0.717, 1.165) is 52.9 Å². The molecule has 0 bridgehead atoms. The molecule has 4 aromatic heterocycles. The highest BCUT2D eigenvalue weighted by Gasteiger charge is 2.27. The standard InChI is InChI=1S/C27H30N6O2/c1-16-23-10-8-20(27(35)31-11-3-4-21(28)15-31)14-33(23)30-25(16)24-12-19-7-9-22(17(2)34)29-26(19)32(24)13-18-5-6-18/h7-10,12,14,17-18,28,34H,3-6,11,13,15H2,1-2H3. The first-order valence-corrected chi connectivity index (χ1v) is 12.4. The third kappa shape index (κ3) is 3.91. The van der Waals surface area contributed by atoms with Crippen LogP contribution in [0.4, 0.5) is 0 Å². The Bertz CT molecular complexity index is 1480. The molecule has 2 aliphatic rings. The van der Waals surface area contributed by atoms with E-state index in [9.17, 15) is 9.90 Å². The average Bonchev–Trinajstić information content (AvgIpc) is 3.52. The van der Waals surface area contributed by atoms with Gasteiger partial charge in [0.05, 0.1) is 35.1 Å². The molecule has 2 N–H and O–H groups in total. The Labute approximate surface area is 203 Å². The summed E-state index contributed by atoms with van der Waals surface area (Å²) in [6, 6.07) is 9.87. The van der Waals surface area contributed by atoms with Gasteiger partial charge in [-0.2, -0.15) is 5.10 Å². The highest BCUT2D eigenvalue weighted by Crippen LogP contribution is 2.37. The van der Waals surface area contributed by atoms with Crippen LogP contribution >= 0.6 is 0 Å². The fourth-order valence-electron chi connectivity index (χ4n) is 5.08. The van der Waals surface area contributed by atoms with Crippen LogP contribution in [0, 0.1) is 18.3 Å². The number of amides is 1. The summed E-state index contributed by atoms with van der Waals surface area (Å²) >= 11 is 0. The number of nitrogens with zero attached hydrogens (tertiary/aromatic N) is 5. The number of piperidine rings is 1. The molecule has 5 heterocycles. The second-order valence-corrected chi connectivity index (χ2v) is 10.1. The van der Waals surface area contributed by atoms with E-state index in [0.29, 0.717) is 36.0 Å². The Kier molecular flexibility index (Phi) is 5.21. The van der Waals surface area contributed by atoms with Crippen LogP contribution < -0.4 is 0 Å². The van der Waals surface area contributed by atoms with Crippen LogP contribution in [0.2, 0.25) is 0 Å². The molecule has 8 heteroatoms. The molecule has 6 rings (SSSR count). The fraction of sp³-hybridized carbons (Fsp3) is 0.407. The number of rotatable bonds is 5. The van der Waals surface area contributed by atoms with Crippen LogP contribution in [0.5, 0.6) is 0 Å². The Morgan fingerprint density at radius 1 is 1.26 bits per heavy atom. The van der Waals surface area contributed by atoms with Gasteiger partial charge in [0, 0.05) is 35.9 Å². The van der Waals surface area contributed by atoms with Gasteiger partial charge in [-0.05, 0) is 75.8 Å². The number of pyridine rings is 2. The maximum Gasteiger partial charge on any atom is 0.255 e. The summed E-state index contributed by atoms with van der Waals surface area (Å²) in [7, 11) is 0. The van der Waals surface area contributed by atoms with Crippen molar-refractivity contribution in [2.45, 2.75) is 52.2 Å². The second-order valence-electron chi connectivity index (χ2n) is 10.1. The van der Waals surface area contributed by atoms with Crippen molar-refractivity contribution in [3.8, 4) is 11.4 Å². The first-order valence-electron chi connectivity index (χ1n) is 12.4. The first-order chi connectivity index (χ1) is 16.9. The monoisotopic (exact) mass is 470 g/mol. The highest BCUT2D eigenvalue weighted by atomic mass is 16.3. The van der Waals surface area contributed by atoms with Gasteiger partial charge >= 0.3 is 0 Å². The molecule has 1 aliphatic heterocycles. The van der Waals surface area contributed by atoms with Gasteiger partial charge in [0.25, 0.3) is 5.91 Å². The van der Waals surface area contributed by atoms with Crippen molar-refractivity contribution in [1.29, 1.82) is 5.41 Å². The molecule has 0 radical (unpaired) electrons. The third-order valence-corrected chi connectivity index (χ3v) is 7.27. The topological polar surface area (TPSA) is 99.5 Å². The molecule has 180 valence electrons. The Morgan fingerprint density at radius 2 is 2.09 bits per heavy atom. The lowest BCUT2D eigenvalue weighted by atomic mass is 10.1. The highest BCUT2D eigenvalue weighted by molar-refractivity contribution is 5.98. The smallest absolute Gasteiger partial charge is 0.255 e. The average molecular weight is 471 g/mol. The van der Waals surface area contributed by atoms with Gasteiger partial charge in [0.1, 0.15) is 11.3 Å². The van der Waals surface area contributed by atoms with Gasteiger partial charge in [0.15, 0.2) is 0 Å². The molecule has 0 aromatic carbocycles. The zero-order chi connectivity index (χ0) is 24.3. The van der Waals surface area contributed by atoms with E-state index in [1.807, 2.05) is 30.5 Å². The lowest BCUT2D eigenvalue weighted by molar-refractivity contribution is 0.0768. The molecule has 2 fully saturated rings. The number of hydrogen-bond acceptors (Lipinski definition) is 5. The van der Waals surface area contributed by atoms with Gasteiger partial charge in [-0.25, -0.2) is 9.50 Å². The lowest BCUT2D eigenvalue weighted by Gasteiger charge is -2.27. The maximum atomic E-state index is 13.1. The van der Waals surface area contributed by atoms with Crippen molar-refractivity contribution < 1.29 is 9.90 Å². The van der Waals surface area contributed by atoms with Gasteiger partial charge in [-0.1, -0.05) is 0 Å². The van der Waals surface area contributed by atoms with Crippen LogP contribution in [0.3, 0.4) is 0 Å². The van der Waals surface area contributed by atoms with Crippen molar-refractivity contribution in [2.24, 2.45) is 5.92 Å². The number of nitrogens with one attached hydrogen (secondary N) is 1. The minimum absolute atomic E-state index is 0.0521. The third-order valence-electron chi connectivity index (χ3n) is 7.27. The molecule has 1 saturated heterocycles. The number of hydrogen-bond donors (Lipinski definition) is 2. The summed E-state index contributed by atoms with van der Waals surface area (Å²) in [6.07, 6.45) is 5.24. The summed E-state index contributed by atoms with van der Waals surface area (Å²) in [6.45, 7) is 5.78.